The van der Waals surface area contributed by atoms with Gasteiger partial charge in [0, 0.05) is 12.1 Å². The maximum atomic E-state index is 5.39. The summed E-state index contributed by atoms with van der Waals surface area (Å²) in [5.74, 6) is 2.29. The molecule has 0 aliphatic carbocycles. The number of nitrogens with zero attached hydrogens (tertiary/aromatic N) is 1. The van der Waals surface area contributed by atoms with E-state index < -0.39 is 0 Å². The van der Waals surface area contributed by atoms with Crippen LogP contribution in [0.3, 0.4) is 0 Å². The molecule has 0 saturated heterocycles. The van der Waals surface area contributed by atoms with Crippen molar-refractivity contribution in [2.24, 2.45) is 5.10 Å². The van der Waals surface area contributed by atoms with E-state index in [1.54, 1.807) is 7.11 Å². The van der Waals surface area contributed by atoms with Crippen molar-refractivity contribution in [1.82, 2.24) is 10.7 Å². The van der Waals surface area contributed by atoms with Crippen LogP contribution in [0.5, 0.6) is 17.2 Å². The van der Waals surface area contributed by atoms with E-state index in [4.69, 9.17) is 26.4 Å². The molecule has 6 nitrogen and oxygen atoms in total. The average Bonchev–Trinajstić information content (AvgIpc) is 3.12. The predicted octanol–water partition coefficient (Wildman–Crippen LogP) is 3.12. The molecule has 7 heteroatoms. The molecule has 0 spiro atoms. The van der Waals surface area contributed by atoms with Gasteiger partial charge in [-0.05, 0) is 55.9 Å². The zero-order valence-corrected chi connectivity index (χ0v) is 15.8. The van der Waals surface area contributed by atoms with Gasteiger partial charge in [0.05, 0.1) is 12.8 Å². The third kappa shape index (κ3) is 4.23. The van der Waals surface area contributed by atoms with Gasteiger partial charge >= 0.3 is 0 Å². The summed E-state index contributed by atoms with van der Waals surface area (Å²) < 4.78 is 16.1. The number of hydrogen-bond acceptors (Lipinski definition) is 5. The van der Waals surface area contributed by atoms with Crippen molar-refractivity contribution in [3.63, 3.8) is 0 Å². The Kier molecular flexibility index (Phi) is 5.58. The fourth-order valence-electron chi connectivity index (χ4n) is 2.57. The van der Waals surface area contributed by atoms with Crippen molar-refractivity contribution in [3.8, 4) is 17.2 Å². The topological polar surface area (TPSA) is 64.1 Å². The van der Waals surface area contributed by atoms with Gasteiger partial charge in [-0.1, -0.05) is 17.7 Å². The Balaban J connectivity index is 1.58. The van der Waals surface area contributed by atoms with Crippen molar-refractivity contribution in [2.75, 3.05) is 13.9 Å². The number of aryl methyl sites for hydroxylation is 1. The summed E-state index contributed by atoms with van der Waals surface area (Å²) >= 11 is 5.29. The van der Waals surface area contributed by atoms with E-state index >= 15 is 0 Å². The Morgan fingerprint density at radius 1 is 1.19 bits per heavy atom. The maximum Gasteiger partial charge on any atom is 0.231 e. The normalized spacial score (nSPS) is 12.7. The lowest BCUT2D eigenvalue weighted by Crippen LogP contribution is -2.32. The summed E-state index contributed by atoms with van der Waals surface area (Å²) in [6.45, 7) is 4.76. The van der Waals surface area contributed by atoms with Crippen LogP contribution in [-0.4, -0.2) is 24.7 Å². The maximum absolute atomic E-state index is 5.39. The van der Waals surface area contributed by atoms with E-state index in [-0.39, 0.29) is 6.79 Å². The van der Waals surface area contributed by atoms with Crippen LogP contribution in [0.25, 0.3) is 0 Å². The number of benzene rings is 2. The standard InChI is InChI=1S/C19H21N3O3S/c1-12-4-6-16(23-3)15(8-12)13(2)21-22-19(26)20-10-14-5-7-17-18(9-14)25-11-24-17/h4-9H,10-11H2,1-3H3,(H2,20,22,26)/b21-13-. The Hall–Kier alpha value is -2.80. The zero-order chi connectivity index (χ0) is 18.5. The van der Waals surface area contributed by atoms with Gasteiger partial charge in [-0.2, -0.15) is 5.10 Å². The SMILES string of the molecule is COc1ccc(C)cc1/C(C)=N\NC(=S)NCc1ccc2c(c1)OCO2. The number of fused-ring (bicyclic) bond motifs is 1. The minimum absolute atomic E-state index is 0.266. The van der Waals surface area contributed by atoms with E-state index in [0.717, 1.165) is 39.7 Å². The highest BCUT2D eigenvalue weighted by atomic mass is 32.1. The summed E-state index contributed by atoms with van der Waals surface area (Å²) in [5, 5.41) is 7.91. The third-order valence-corrected chi connectivity index (χ3v) is 4.20. The highest BCUT2D eigenvalue weighted by molar-refractivity contribution is 7.80. The Morgan fingerprint density at radius 2 is 2.00 bits per heavy atom. The molecule has 0 fully saturated rings. The van der Waals surface area contributed by atoms with Crippen LogP contribution in [0.2, 0.25) is 0 Å². The molecular weight excluding hydrogens is 350 g/mol. The van der Waals surface area contributed by atoms with Crippen LogP contribution < -0.4 is 25.0 Å². The van der Waals surface area contributed by atoms with Crippen LogP contribution in [0, 0.1) is 6.92 Å². The van der Waals surface area contributed by atoms with Crippen LogP contribution >= 0.6 is 12.2 Å². The van der Waals surface area contributed by atoms with Gasteiger partial charge in [-0.15, -0.1) is 0 Å². The molecule has 0 atom stereocenters. The first-order chi connectivity index (χ1) is 12.6. The smallest absolute Gasteiger partial charge is 0.231 e. The quantitative estimate of drug-likeness (QED) is 0.478. The van der Waals surface area contributed by atoms with Crippen molar-refractivity contribution < 1.29 is 14.2 Å². The monoisotopic (exact) mass is 371 g/mol. The molecular formula is C19H21N3O3S. The second kappa shape index (κ2) is 8.05. The highest BCUT2D eigenvalue weighted by Crippen LogP contribution is 2.32. The molecule has 0 amide bonds. The Morgan fingerprint density at radius 3 is 2.81 bits per heavy atom. The number of rotatable bonds is 5. The fourth-order valence-corrected chi connectivity index (χ4v) is 2.69. The molecule has 0 saturated carbocycles. The van der Waals surface area contributed by atoms with Crippen LogP contribution in [0.1, 0.15) is 23.6 Å². The van der Waals surface area contributed by atoms with Crippen molar-refractivity contribution >= 4 is 23.0 Å². The van der Waals surface area contributed by atoms with E-state index in [1.165, 1.54) is 0 Å². The molecule has 1 heterocycles. The second-order valence-electron chi connectivity index (χ2n) is 5.88. The predicted molar refractivity (Wildman–Crippen MR) is 105 cm³/mol. The van der Waals surface area contributed by atoms with Gasteiger partial charge in [0.15, 0.2) is 16.6 Å². The van der Waals surface area contributed by atoms with E-state index in [2.05, 4.69) is 15.8 Å². The molecule has 2 aromatic carbocycles. The first-order valence-electron chi connectivity index (χ1n) is 8.18. The zero-order valence-electron chi connectivity index (χ0n) is 15.0. The number of ether oxygens (including phenoxy) is 3. The van der Waals surface area contributed by atoms with Crippen LogP contribution in [0.4, 0.5) is 0 Å². The number of hydrogen-bond donors (Lipinski definition) is 2. The summed E-state index contributed by atoms with van der Waals surface area (Å²) in [7, 11) is 1.65. The van der Waals surface area contributed by atoms with Crippen LogP contribution in [0.15, 0.2) is 41.5 Å². The molecule has 136 valence electrons. The number of thiocarbonyl (C=S) groups is 1. The minimum atomic E-state index is 0.266. The molecule has 2 aromatic rings. The van der Waals surface area contributed by atoms with Crippen LogP contribution in [-0.2, 0) is 6.54 Å². The van der Waals surface area contributed by atoms with Gasteiger partial charge in [0.1, 0.15) is 5.75 Å². The first kappa shape index (κ1) is 18.0. The van der Waals surface area contributed by atoms with E-state index in [0.29, 0.717) is 11.7 Å². The summed E-state index contributed by atoms with van der Waals surface area (Å²) in [5.41, 5.74) is 6.77. The lowest BCUT2D eigenvalue weighted by molar-refractivity contribution is 0.174. The molecule has 0 bridgehead atoms. The van der Waals surface area contributed by atoms with Gasteiger partial charge in [-0.25, -0.2) is 0 Å². The molecule has 0 aromatic heterocycles. The average molecular weight is 371 g/mol. The van der Waals surface area contributed by atoms with Gasteiger partial charge < -0.3 is 19.5 Å². The molecule has 1 aliphatic heterocycles. The number of nitrogens with one attached hydrogen (secondary N) is 2. The first-order valence-corrected chi connectivity index (χ1v) is 8.59. The third-order valence-electron chi connectivity index (χ3n) is 3.96. The molecule has 2 N–H and O–H groups in total. The number of methoxy groups -OCH3 is 1. The summed E-state index contributed by atoms with van der Waals surface area (Å²) in [6.07, 6.45) is 0. The van der Waals surface area contributed by atoms with Gasteiger partial charge in [-0.3, -0.25) is 5.43 Å². The van der Waals surface area contributed by atoms with Gasteiger partial charge in [0.25, 0.3) is 0 Å². The second-order valence-corrected chi connectivity index (χ2v) is 6.29. The van der Waals surface area contributed by atoms with Gasteiger partial charge in [0.2, 0.25) is 6.79 Å². The lowest BCUT2D eigenvalue weighted by Gasteiger charge is -2.11. The van der Waals surface area contributed by atoms with E-state index in [1.807, 2.05) is 50.2 Å². The summed E-state index contributed by atoms with van der Waals surface area (Å²) in [4.78, 5) is 0. The van der Waals surface area contributed by atoms with Crippen molar-refractivity contribution in [1.29, 1.82) is 0 Å². The molecule has 0 radical (unpaired) electrons. The molecule has 1 aliphatic rings. The van der Waals surface area contributed by atoms with Crippen molar-refractivity contribution in [2.45, 2.75) is 20.4 Å². The highest BCUT2D eigenvalue weighted by Gasteiger charge is 2.13. The molecule has 3 rings (SSSR count). The minimum Gasteiger partial charge on any atom is -0.496 e. The summed E-state index contributed by atoms with van der Waals surface area (Å²) in [6, 6.07) is 11.8. The molecule has 26 heavy (non-hydrogen) atoms. The number of hydrazone groups is 1. The fraction of sp³-hybridized carbons (Fsp3) is 0.263. The molecule has 0 unspecified atom stereocenters. The van der Waals surface area contributed by atoms with Crippen molar-refractivity contribution in [3.05, 3.63) is 53.1 Å². The lowest BCUT2D eigenvalue weighted by atomic mass is 10.1. The Labute approximate surface area is 158 Å². The largest absolute Gasteiger partial charge is 0.496 e. The Bertz CT molecular complexity index is 852. The van der Waals surface area contributed by atoms with E-state index in [9.17, 15) is 0 Å².